The molecule has 0 bridgehead atoms. The van der Waals surface area contributed by atoms with Crippen molar-refractivity contribution in [1.82, 2.24) is 10.2 Å². The number of amides is 1. The molecule has 11 heavy (non-hydrogen) atoms. The first-order chi connectivity index (χ1) is 5.22. The third-order valence-electron chi connectivity index (χ3n) is 2.05. The molecule has 0 aromatic rings. The van der Waals surface area contributed by atoms with Gasteiger partial charge >= 0.3 is 0 Å². The van der Waals surface area contributed by atoms with Gasteiger partial charge in [-0.05, 0) is 19.4 Å². The molecule has 3 heteroatoms. The van der Waals surface area contributed by atoms with Crippen molar-refractivity contribution in [2.75, 3.05) is 20.6 Å². The Balaban J connectivity index is 2.39. The number of rotatable bonds is 1. The average Bonchev–Trinajstić information content (AvgIpc) is 2.05. The van der Waals surface area contributed by atoms with Crippen LogP contribution < -0.4 is 5.32 Å². The third-order valence-corrected chi connectivity index (χ3v) is 2.05. The highest BCUT2D eigenvalue weighted by Crippen LogP contribution is 2.07. The van der Waals surface area contributed by atoms with Crippen LogP contribution in [0.3, 0.4) is 0 Å². The summed E-state index contributed by atoms with van der Waals surface area (Å²) >= 11 is 0. The van der Waals surface area contributed by atoms with Crippen LogP contribution in [0.4, 0.5) is 0 Å². The predicted octanol–water partition coefficient (Wildman–Crippen LogP) is 0.217. The number of hydrogen-bond acceptors (Lipinski definition) is 2. The van der Waals surface area contributed by atoms with Crippen molar-refractivity contribution >= 4 is 5.91 Å². The highest BCUT2D eigenvalue weighted by Gasteiger charge is 2.21. The second-order valence-corrected chi connectivity index (χ2v) is 3.24. The van der Waals surface area contributed by atoms with E-state index in [1.54, 1.807) is 19.0 Å². The summed E-state index contributed by atoms with van der Waals surface area (Å²) in [6, 6.07) is 0.0822. The zero-order valence-electron chi connectivity index (χ0n) is 7.26. The normalized spacial score (nSPS) is 24.7. The van der Waals surface area contributed by atoms with Crippen LogP contribution in [0.15, 0.2) is 0 Å². The first-order valence-electron chi connectivity index (χ1n) is 4.16. The molecular weight excluding hydrogens is 140 g/mol. The van der Waals surface area contributed by atoms with E-state index < -0.39 is 0 Å². The molecule has 1 unspecified atom stereocenters. The first kappa shape index (κ1) is 8.53. The van der Waals surface area contributed by atoms with Gasteiger partial charge in [-0.1, -0.05) is 6.42 Å². The fraction of sp³-hybridized carbons (Fsp3) is 0.875. The van der Waals surface area contributed by atoms with Gasteiger partial charge in [-0.2, -0.15) is 0 Å². The SMILES string of the molecule is CN(C)C(=O)C1CCCCN1. The monoisotopic (exact) mass is 156 g/mol. The van der Waals surface area contributed by atoms with Crippen LogP contribution in [0.2, 0.25) is 0 Å². The molecule has 1 amide bonds. The lowest BCUT2D eigenvalue weighted by atomic mass is 10.0. The Morgan fingerprint density at radius 1 is 1.45 bits per heavy atom. The van der Waals surface area contributed by atoms with Gasteiger partial charge in [0.1, 0.15) is 0 Å². The maximum absolute atomic E-state index is 11.4. The quantitative estimate of drug-likeness (QED) is 0.589. The Bertz CT molecular complexity index is 139. The van der Waals surface area contributed by atoms with Crippen molar-refractivity contribution in [3.63, 3.8) is 0 Å². The molecule has 1 aliphatic rings. The van der Waals surface area contributed by atoms with Gasteiger partial charge in [0.2, 0.25) is 5.91 Å². The fourth-order valence-corrected chi connectivity index (χ4v) is 1.37. The largest absolute Gasteiger partial charge is 0.347 e. The van der Waals surface area contributed by atoms with Gasteiger partial charge in [0.05, 0.1) is 6.04 Å². The van der Waals surface area contributed by atoms with Gasteiger partial charge in [0.25, 0.3) is 0 Å². The van der Waals surface area contributed by atoms with Gasteiger partial charge < -0.3 is 10.2 Å². The maximum Gasteiger partial charge on any atom is 0.239 e. The molecule has 0 saturated carbocycles. The number of nitrogens with one attached hydrogen (secondary N) is 1. The van der Waals surface area contributed by atoms with E-state index in [9.17, 15) is 4.79 Å². The predicted molar refractivity (Wildman–Crippen MR) is 44.3 cm³/mol. The summed E-state index contributed by atoms with van der Waals surface area (Å²) in [6.07, 6.45) is 3.38. The minimum atomic E-state index is 0.0822. The van der Waals surface area contributed by atoms with E-state index in [2.05, 4.69) is 5.32 Å². The highest BCUT2D eigenvalue weighted by atomic mass is 16.2. The summed E-state index contributed by atoms with van der Waals surface area (Å²) < 4.78 is 0. The van der Waals surface area contributed by atoms with Crippen LogP contribution in [-0.4, -0.2) is 37.5 Å². The van der Waals surface area contributed by atoms with Crippen LogP contribution in [0.5, 0.6) is 0 Å². The number of hydrogen-bond donors (Lipinski definition) is 1. The molecule has 3 nitrogen and oxygen atoms in total. The molecule has 1 aliphatic heterocycles. The molecule has 0 aromatic heterocycles. The van der Waals surface area contributed by atoms with Crippen molar-refractivity contribution in [1.29, 1.82) is 0 Å². The summed E-state index contributed by atoms with van der Waals surface area (Å²) in [4.78, 5) is 13.0. The number of likely N-dealkylation sites (N-methyl/N-ethyl adjacent to an activating group) is 1. The summed E-state index contributed by atoms with van der Waals surface area (Å²) in [5.41, 5.74) is 0. The Morgan fingerprint density at radius 3 is 2.64 bits per heavy atom. The molecule has 1 rings (SSSR count). The van der Waals surface area contributed by atoms with Crippen molar-refractivity contribution < 1.29 is 4.79 Å². The molecule has 1 saturated heterocycles. The van der Waals surface area contributed by atoms with E-state index in [-0.39, 0.29) is 11.9 Å². The molecule has 0 radical (unpaired) electrons. The van der Waals surface area contributed by atoms with Crippen molar-refractivity contribution in [2.24, 2.45) is 0 Å². The fourth-order valence-electron chi connectivity index (χ4n) is 1.37. The zero-order valence-corrected chi connectivity index (χ0v) is 7.26. The lowest BCUT2D eigenvalue weighted by Gasteiger charge is -2.25. The Labute approximate surface area is 67.8 Å². The molecule has 1 atom stereocenters. The van der Waals surface area contributed by atoms with Crippen molar-refractivity contribution in [3.8, 4) is 0 Å². The van der Waals surface area contributed by atoms with E-state index in [4.69, 9.17) is 0 Å². The Morgan fingerprint density at radius 2 is 2.18 bits per heavy atom. The van der Waals surface area contributed by atoms with Gasteiger partial charge in [-0.3, -0.25) is 4.79 Å². The van der Waals surface area contributed by atoms with E-state index in [1.807, 2.05) is 0 Å². The van der Waals surface area contributed by atoms with E-state index in [0.29, 0.717) is 0 Å². The molecule has 0 aromatic carbocycles. The zero-order chi connectivity index (χ0) is 8.27. The van der Waals surface area contributed by atoms with E-state index in [0.717, 1.165) is 13.0 Å². The number of nitrogens with zero attached hydrogens (tertiary/aromatic N) is 1. The lowest BCUT2D eigenvalue weighted by Crippen LogP contribution is -2.45. The van der Waals surface area contributed by atoms with E-state index in [1.165, 1.54) is 12.8 Å². The van der Waals surface area contributed by atoms with Crippen LogP contribution >= 0.6 is 0 Å². The van der Waals surface area contributed by atoms with Gasteiger partial charge in [-0.15, -0.1) is 0 Å². The minimum absolute atomic E-state index is 0.0822. The summed E-state index contributed by atoms with van der Waals surface area (Å²) in [6.45, 7) is 0.990. The van der Waals surface area contributed by atoms with Crippen LogP contribution in [0.25, 0.3) is 0 Å². The highest BCUT2D eigenvalue weighted by molar-refractivity contribution is 5.81. The molecule has 1 N–H and O–H groups in total. The van der Waals surface area contributed by atoms with Gasteiger partial charge in [-0.25, -0.2) is 0 Å². The smallest absolute Gasteiger partial charge is 0.239 e. The standard InChI is InChI=1S/C8H16N2O/c1-10(2)8(11)7-5-3-4-6-9-7/h7,9H,3-6H2,1-2H3. The topological polar surface area (TPSA) is 32.3 Å². The molecule has 0 spiro atoms. The van der Waals surface area contributed by atoms with Crippen LogP contribution in [0.1, 0.15) is 19.3 Å². The Hall–Kier alpha value is -0.570. The van der Waals surface area contributed by atoms with Gasteiger partial charge in [0, 0.05) is 14.1 Å². The van der Waals surface area contributed by atoms with Gasteiger partial charge in [0.15, 0.2) is 0 Å². The minimum Gasteiger partial charge on any atom is -0.347 e. The third kappa shape index (κ3) is 2.19. The average molecular weight is 156 g/mol. The maximum atomic E-state index is 11.4. The Kier molecular flexibility index (Phi) is 2.88. The van der Waals surface area contributed by atoms with E-state index >= 15 is 0 Å². The number of carbonyl (C=O) groups is 1. The lowest BCUT2D eigenvalue weighted by molar-refractivity contribution is -0.131. The van der Waals surface area contributed by atoms with Crippen molar-refractivity contribution in [2.45, 2.75) is 25.3 Å². The number of carbonyl (C=O) groups excluding carboxylic acids is 1. The summed E-state index contributed by atoms with van der Waals surface area (Å²) in [7, 11) is 3.61. The van der Waals surface area contributed by atoms with Crippen LogP contribution in [0, 0.1) is 0 Å². The van der Waals surface area contributed by atoms with Crippen molar-refractivity contribution in [3.05, 3.63) is 0 Å². The first-order valence-corrected chi connectivity index (χ1v) is 4.16. The number of piperidine rings is 1. The molecular formula is C8H16N2O. The molecule has 64 valence electrons. The molecule has 0 aliphatic carbocycles. The second kappa shape index (κ2) is 3.72. The summed E-state index contributed by atoms with van der Waals surface area (Å²) in [5.74, 6) is 0.213. The second-order valence-electron chi connectivity index (χ2n) is 3.24. The molecule has 1 fully saturated rings. The molecule has 1 heterocycles. The summed E-state index contributed by atoms with van der Waals surface area (Å²) in [5, 5.41) is 3.21. The van der Waals surface area contributed by atoms with Crippen LogP contribution in [-0.2, 0) is 4.79 Å².